The number of hydrogen-bond donors (Lipinski definition) is 0. The number of halogens is 1. The van der Waals surface area contributed by atoms with Crippen molar-refractivity contribution in [3.8, 4) is 5.69 Å². The molecule has 0 bridgehead atoms. The lowest BCUT2D eigenvalue weighted by molar-refractivity contribution is -0.113. The minimum atomic E-state index is -0.382. The molecule has 6 heteroatoms. The number of carbonyl (C=O) groups is 2. The zero-order valence-corrected chi connectivity index (χ0v) is 14.3. The highest BCUT2D eigenvalue weighted by atomic mass is 32.2. The Morgan fingerprint density at radius 3 is 2.38 bits per heavy atom. The number of carbonyl (C=O) groups excluding carboxylic acids is 2. The molecule has 0 spiro atoms. The molecular formula is C20H13FN2O2S. The Balaban J connectivity index is 1.71. The normalized spacial score (nSPS) is 15.9. The smallest absolute Gasteiger partial charge is 0.298 e. The van der Waals surface area contributed by atoms with Crippen molar-refractivity contribution in [2.75, 3.05) is 4.90 Å². The van der Waals surface area contributed by atoms with Gasteiger partial charge in [-0.2, -0.15) is 0 Å². The summed E-state index contributed by atoms with van der Waals surface area (Å²) in [6, 6.07) is 18.7. The molecule has 2 aromatic carbocycles. The summed E-state index contributed by atoms with van der Waals surface area (Å²) in [6.45, 7) is 0. The lowest BCUT2D eigenvalue weighted by Gasteiger charge is -2.11. The van der Waals surface area contributed by atoms with Crippen molar-refractivity contribution in [2.45, 2.75) is 0 Å². The van der Waals surface area contributed by atoms with E-state index in [9.17, 15) is 14.0 Å². The van der Waals surface area contributed by atoms with E-state index in [4.69, 9.17) is 0 Å². The molecule has 1 aromatic heterocycles. The third-order valence-corrected chi connectivity index (χ3v) is 4.85. The maximum Gasteiger partial charge on any atom is 0.298 e. The van der Waals surface area contributed by atoms with E-state index in [0.29, 0.717) is 22.0 Å². The zero-order chi connectivity index (χ0) is 18.1. The van der Waals surface area contributed by atoms with Crippen molar-refractivity contribution in [3.63, 3.8) is 0 Å². The molecule has 1 aliphatic rings. The van der Waals surface area contributed by atoms with Gasteiger partial charge in [-0.3, -0.25) is 9.59 Å². The van der Waals surface area contributed by atoms with Gasteiger partial charge in [0.2, 0.25) is 0 Å². The number of aromatic nitrogens is 1. The molecule has 0 saturated carbocycles. The van der Waals surface area contributed by atoms with Crippen LogP contribution in [0.4, 0.5) is 14.9 Å². The molecule has 1 fully saturated rings. The van der Waals surface area contributed by atoms with Crippen LogP contribution in [-0.2, 0) is 4.79 Å². The molecule has 2 amide bonds. The Labute approximate surface area is 153 Å². The number of benzene rings is 2. The van der Waals surface area contributed by atoms with Crippen molar-refractivity contribution < 1.29 is 14.0 Å². The molecule has 0 radical (unpaired) electrons. The summed E-state index contributed by atoms with van der Waals surface area (Å²) in [7, 11) is 0. The predicted molar refractivity (Wildman–Crippen MR) is 101 cm³/mol. The molecule has 1 aliphatic heterocycles. The third kappa shape index (κ3) is 2.84. The molecule has 4 rings (SSSR count). The Hall–Kier alpha value is -3.12. The van der Waals surface area contributed by atoms with Crippen LogP contribution >= 0.6 is 11.8 Å². The Morgan fingerprint density at radius 1 is 0.885 bits per heavy atom. The first kappa shape index (κ1) is 16.4. The zero-order valence-electron chi connectivity index (χ0n) is 13.5. The highest BCUT2D eigenvalue weighted by Gasteiger charge is 2.36. The second-order valence-corrected chi connectivity index (χ2v) is 6.60. The number of amides is 2. The molecule has 0 N–H and O–H groups in total. The lowest BCUT2D eigenvalue weighted by Crippen LogP contribution is -2.27. The number of hydrogen-bond acceptors (Lipinski definition) is 3. The van der Waals surface area contributed by atoms with Gasteiger partial charge in [-0.1, -0.05) is 30.3 Å². The highest BCUT2D eigenvalue weighted by molar-refractivity contribution is 8.19. The van der Waals surface area contributed by atoms with E-state index < -0.39 is 0 Å². The molecule has 2 heterocycles. The third-order valence-electron chi connectivity index (χ3n) is 3.98. The molecule has 0 atom stereocenters. The monoisotopic (exact) mass is 364 g/mol. The number of imide groups is 1. The van der Waals surface area contributed by atoms with Crippen LogP contribution in [0, 0.1) is 5.82 Å². The number of nitrogens with zero attached hydrogens (tertiary/aromatic N) is 2. The van der Waals surface area contributed by atoms with Crippen LogP contribution in [0.3, 0.4) is 0 Å². The number of anilines is 1. The van der Waals surface area contributed by atoms with Gasteiger partial charge in [0.15, 0.2) is 0 Å². The Morgan fingerprint density at radius 2 is 1.62 bits per heavy atom. The van der Waals surface area contributed by atoms with Crippen LogP contribution in [0.15, 0.2) is 77.8 Å². The second kappa shape index (κ2) is 6.65. The summed E-state index contributed by atoms with van der Waals surface area (Å²) in [5.74, 6) is -0.747. The minimum Gasteiger partial charge on any atom is -0.314 e. The molecular weight excluding hydrogens is 351 g/mol. The molecule has 3 aromatic rings. The largest absolute Gasteiger partial charge is 0.314 e. The summed E-state index contributed by atoms with van der Waals surface area (Å²) in [5, 5.41) is -0.351. The fourth-order valence-corrected chi connectivity index (χ4v) is 3.61. The number of rotatable bonds is 3. The maximum atomic E-state index is 14.1. The SMILES string of the molecule is O=C1SC(=Cc2cccn2-c2ccccc2F)C(=O)N1c1ccccc1. The fourth-order valence-electron chi connectivity index (χ4n) is 2.78. The van der Waals surface area contributed by atoms with Gasteiger partial charge in [0.1, 0.15) is 5.82 Å². The van der Waals surface area contributed by atoms with E-state index in [1.165, 1.54) is 6.07 Å². The van der Waals surface area contributed by atoms with E-state index in [-0.39, 0.29) is 17.0 Å². The average Bonchev–Trinajstić information content (AvgIpc) is 3.21. The second-order valence-electron chi connectivity index (χ2n) is 5.61. The van der Waals surface area contributed by atoms with Crippen molar-refractivity contribution >= 4 is 34.7 Å². The van der Waals surface area contributed by atoms with E-state index in [2.05, 4.69) is 0 Å². The van der Waals surface area contributed by atoms with E-state index in [1.54, 1.807) is 71.4 Å². The molecule has 1 saturated heterocycles. The number of thioether (sulfide) groups is 1. The van der Waals surface area contributed by atoms with Gasteiger partial charge < -0.3 is 4.57 Å². The van der Waals surface area contributed by atoms with Crippen molar-refractivity contribution in [1.82, 2.24) is 4.57 Å². The minimum absolute atomic E-state index is 0.301. The fraction of sp³-hybridized carbons (Fsp3) is 0. The lowest BCUT2D eigenvalue weighted by atomic mass is 10.2. The van der Waals surface area contributed by atoms with Crippen molar-refractivity contribution in [2.24, 2.45) is 0 Å². The van der Waals surface area contributed by atoms with Crippen molar-refractivity contribution in [3.05, 3.63) is 89.3 Å². The average molecular weight is 364 g/mol. The van der Waals surface area contributed by atoms with Crippen LogP contribution in [0.1, 0.15) is 5.69 Å². The summed E-state index contributed by atoms with van der Waals surface area (Å²) in [6.07, 6.45) is 3.33. The van der Waals surface area contributed by atoms with Gasteiger partial charge >= 0.3 is 0 Å². The van der Waals surface area contributed by atoms with E-state index in [1.807, 2.05) is 6.07 Å². The van der Waals surface area contributed by atoms with Crippen LogP contribution in [0.2, 0.25) is 0 Å². The number of para-hydroxylation sites is 2. The first-order valence-electron chi connectivity index (χ1n) is 7.90. The Bertz CT molecular complexity index is 1030. The van der Waals surface area contributed by atoms with Crippen LogP contribution < -0.4 is 4.90 Å². The van der Waals surface area contributed by atoms with Gasteiger partial charge in [0.25, 0.3) is 11.1 Å². The summed E-state index contributed by atoms with van der Waals surface area (Å²) >= 11 is 0.874. The van der Waals surface area contributed by atoms with Gasteiger partial charge in [-0.25, -0.2) is 9.29 Å². The molecule has 26 heavy (non-hydrogen) atoms. The Kier molecular flexibility index (Phi) is 4.18. The van der Waals surface area contributed by atoms with E-state index in [0.717, 1.165) is 16.7 Å². The van der Waals surface area contributed by atoms with Crippen molar-refractivity contribution in [1.29, 1.82) is 0 Å². The summed E-state index contributed by atoms with van der Waals surface area (Å²) in [4.78, 5) is 26.4. The quantitative estimate of drug-likeness (QED) is 0.624. The highest BCUT2D eigenvalue weighted by Crippen LogP contribution is 2.35. The van der Waals surface area contributed by atoms with E-state index >= 15 is 0 Å². The first-order chi connectivity index (χ1) is 12.6. The molecule has 128 valence electrons. The predicted octanol–water partition coefficient (Wildman–Crippen LogP) is 4.86. The van der Waals surface area contributed by atoms with Gasteiger partial charge in [-0.05, 0) is 54.2 Å². The molecule has 0 aliphatic carbocycles. The summed E-state index contributed by atoms with van der Waals surface area (Å²) < 4.78 is 15.7. The first-order valence-corrected chi connectivity index (χ1v) is 8.72. The van der Waals surface area contributed by atoms with Crippen LogP contribution in [0.25, 0.3) is 11.8 Å². The van der Waals surface area contributed by atoms with Gasteiger partial charge in [0, 0.05) is 11.9 Å². The standard InChI is InChI=1S/C20H13FN2O2S/c21-16-10-4-5-11-17(16)22-12-6-9-15(22)13-18-19(24)23(20(25)26-18)14-7-2-1-3-8-14/h1-13H. The van der Waals surface area contributed by atoms with Crippen LogP contribution in [-0.4, -0.2) is 15.7 Å². The molecule has 0 unspecified atom stereocenters. The van der Waals surface area contributed by atoms with Gasteiger partial charge in [-0.15, -0.1) is 0 Å². The topological polar surface area (TPSA) is 42.3 Å². The van der Waals surface area contributed by atoms with Gasteiger partial charge in [0.05, 0.1) is 16.3 Å². The summed E-state index contributed by atoms with van der Waals surface area (Å²) in [5.41, 5.74) is 1.53. The molecule has 4 nitrogen and oxygen atoms in total. The van der Waals surface area contributed by atoms with Crippen LogP contribution in [0.5, 0.6) is 0 Å². The maximum absolute atomic E-state index is 14.1.